The standard InChI is InChI=1S/C10H10O2S2/c1-12-8-4-10-6(3-9(8)13)2-7(5-11)14-10/h2-4,11,13H,5H2,1H3. The molecule has 14 heavy (non-hydrogen) atoms. The Morgan fingerprint density at radius 2 is 2.21 bits per heavy atom. The zero-order valence-electron chi connectivity index (χ0n) is 7.65. The largest absolute Gasteiger partial charge is 0.496 e. The first kappa shape index (κ1) is 9.83. The van der Waals surface area contributed by atoms with Gasteiger partial charge in [0.2, 0.25) is 0 Å². The lowest BCUT2D eigenvalue weighted by atomic mass is 10.2. The number of thiol groups is 1. The summed E-state index contributed by atoms with van der Waals surface area (Å²) in [5, 5.41) is 10.1. The summed E-state index contributed by atoms with van der Waals surface area (Å²) in [5.74, 6) is 0.771. The molecule has 2 aromatic rings. The van der Waals surface area contributed by atoms with Gasteiger partial charge >= 0.3 is 0 Å². The zero-order valence-corrected chi connectivity index (χ0v) is 9.36. The lowest BCUT2D eigenvalue weighted by molar-refractivity contribution is 0.285. The molecular formula is C10H10O2S2. The molecule has 0 saturated carbocycles. The molecule has 0 amide bonds. The van der Waals surface area contributed by atoms with E-state index >= 15 is 0 Å². The van der Waals surface area contributed by atoms with Crippen molar-refractivity contribution in [3.8, 4) is 5.75 Å². The van der Waals surface area contributed by atoms with Crippen molar-refractivity contribution in [2.24, 2.45) is 0 Å². The number of aliphatic hydroxyl groups is 1. The minimum absolute atomic E-state index is 0.0869. The van der Waals surface area contributed by atoms with Crippen LogP contribution in [-0.2, 0) is 6.61 Å². The summed E-state index contributed by atoms with van der Waals surface area (Å²) < 4.78 is 6.28. The number of ether oxygens (including phenoxy) is 1. The van der Waals surface area contributed by atoms with Crippen molar-refractivity contribution in [3.05, 3.63) is 23.1 Å². The number of aliphatic hydroxyl groups excluding tert-OH is 1. The Morgan fingerprint density at radius 1 is 1.43 bits per heavy atom. The van der Waals surface area contributed by atoms with Crippen molar-refractivity contribution >= 4 is 34.1 Å². The SMILES string of the molecule is COc1cc2sc(CO)cc2cc1S. The van der Waals surface area contributed by atoms with Crippen LogP contribution in [0.4, 0.5) is 0 Å². The normalized spacial score (nSPS) is 10.8. The third-order valence-electron chi connectivity index (χ3n) is 2.02. The van der Waals surface area contributed by atoms with Crippen LogP contribution in [-0.4, -0.2) is 12.2 Å². The highest BCUT2D eigenvalue weighted by atomic mass is 32.1. The quantitative estimate of drug-likeness (QED) is 0.771. The van der Waals surface area contributed by atoms with Crippen LogP contribution in [0.1, 0.15) is 4.88 Å². The van der Waals surface area contributed by atoms with Crippen LogP contribution in [0, 0.1) is 0 Å². The number of thiophene rings is 1. The van der Waals surface area contributed by atoms with Gasteiger partial charge in [-0.15, -0.1) is 24.0 Å². The lowest BCUT2D eigenvalue weighted by Crippen LogP contribution is -1.83. The second-order valence-corrected chi connectivity index (χ2v) is 4.58. The van der Waals surface area contributed by atoms with Gasteiger partial charge < -0.3 is 9.84 Å². The molecule has 0 aliphatic rings. The van der Waals surface area contributed by atoms with Crippen LogP contribution in [0.15, 0.2) is 23.1 Å². The highest BCUT2D eigenvalue weighted by Crippen LogP contribution is 2.33. The van der Waals surface area contributed by atoms with Crippen molar-refractivity contribution in [1.29, 1.82) is 0 Å². The third kappa shape index (κ3) is 1.61. The first-order valence-electron chi connectivity index (χ1n) is 4.15. The molecule has 0 aliphatic heterocycles. The monoisotopic (exact) mass is 226 g/mol. The molecule has 2 nitrogen and oxygen atoms in total. The van der Waals surface area contributed by atoms with Gasteiger partial charge in [0.25, 0.3) is 0 Å². The highest BCUT2D eigenvalue weighted by Gasteiger charge is 2.05. The number of benzene rings is 1. The van der Waals surface area contributed by atoms with Crippen molar-refractivity contribution < 1.29 is 9.84 Å². The minimum atomic E-state index is 0.0869. The van der Waals surface area contributed by atoms with Gasteiger partial charge in [-0.25, -0.2) is 0 Å². The topological polar surface area (TPSA) is 29.5 Å². The molecule has 0 fully saturated rings. The molecule has 0 spiro atoms. The smallest absolute Gasteiger partial charge is 0.133 e. The molecule has 0 bridgehead atoms. The Hall–Kier alpha value is -0.710. The Labute approximate surface area is 91.5 Å². The van der Waals surface area contributed by atoms with Gasteiger partial charge in [-0.3, -0.25) is 0 Å². The molecular weight excluding hydrogens is 216 g/mol. The first-order valence-corrected chi connectivity index (χ1v) is 5.41. The van der Waals surface area contributed by atoms with Crippen LogP contribution in [0.5, 0.6) is 5.75 Å². The molecule has 1 aromatic carbocycles. The first-order chi connectivity index (χ1) is 6.74. The number of hydrogen-bond acceptors (Lipinski definition) is 4. The summed E-state index contributed by atoms with van der Waals surface area (Å²) in [6, 6.07) is 5.87. The number of methoxy groups -OCH3 is 1. The molecule has 1 aromatic heterocycles. The van der Waals surface area contributed by atoms with Gasteiger partial charge in [-0.1, -0.05) is 0 Å². The summed E-state index contributed by atoms with van der Waals surface area (Å²) in [7, 11) is 1.63. The van der Waals surface area contributed by atoms with E-state index in [0.29, 0.717) is 0 Å². The van der Waals surface area contributed by atoms with Gasteiger partial charge in [0.1, 0.15) is 5.75 Å². The molecule has 2 rings (SSSR count). The van der Waals surface area contributed by atoms with Gasteiger partial charge in [0, 0.05) is 14.5 Å². The fraction of sp³-hybridized carbons (Fsp3) is 0.200. The lowest BCUT2D eigenvalue weighted by Gasteiger charge is -2.02. The Balaban J connectivity index is 2.64. The summed E-state index contributed by atoms with van der Waals surface area (Å²) in [4.78, 5) is 1.78. The van der Waals surface area contributed by atoms with Gasteiger partial charge in [0.15, 0.2) is 0 Å². The highest BCUT2D eigenvalue weighted by molar-refractivity contribution is 7.80. The number of fused-ring (bicyclic) bond motifs is 1. The second kappa shape index (κ2) is 3.81. The predicted octanol–water partition coefficient (Wildman–Crippen LogP) is 2.69. The molecule has 1 N–H and O–H groups in total. The Kier molecular flexibility index (Phi) is 2.67. The van der Waals surface area contributed by atoms with Crippen molar-refractivity contribution in [2.75, 3.05) is 7.11 Å². The van der Waals surface area contributed by atoms with E-state index in [2.05, 4.69) is 12.6 Å². The van der Waals surface area contributed by atoms with Crippen LogP contribution < -0.4 is 4.74 Å². The van der Waals surface area contributed by atoms with E-state index in [1.807, 2.05) is 18.2 Å². The average molecular weight is 226 g/mol. The molecule has 4 heteroatoms. The molecule has 0 radical (unpaired) electrons. The molecule has 0 unspecified atom stereocenters. The number of hydrogen-bond donors (Lipinski definition) is 2. The van der Waals surface area contributed by atoms with Crippen molar-refractivity contribution in [2.45, 2.75) is 11.5 Å². The van der Waals surface area contributed by atoms with Crippen LogP contribution in [0.25, 0.3) is 10.1 Å². The van der Waals surface area contributed by atoms with Crippen LogP contribution >= 0.6 is 24.0 Å². The Morgan fingerprint density at radius 3 is 2.86 bits per heavy atom. The average Bonchev–Trinajstić information content (AvgIpc) is 2.58. The van der Waals surface area contributed by atoms with Crippen molar-refractivity contribution in [1.82, 2.24) is 0 Å². The van der Waals surface area contributed by atoms with E-state index in [-0.39, 0.29) is 6.61 Å². The molecule has 0 atom stereocenters. The van der Waals surface area contributed by atoms with E-state index in [9.17, 15) is 0 Å². The van der Waals surface area contributed by atoms with E-state index in [4.69, 9.17) is 9.84 Å². The van der Waals surface area contributed by atoms with E-state index in [1.54, 1.807) is 18.4 Å². The predicted molar refractivity (Wildman–Crippen MR) is 61.6 cm³/mol. The van der Waals surface area contributed by atoms with E-state index in [1.165, 1.54) is 0 Å². The third-order valence-corrected chi connectivity index (χ3v) is 3.46. The Bertz CT molecular complexity index is 462. The molecule has 74 valence electrons. The summed E-state index contributed by atoms with van der Waals surface area (Å²) >= 11 is 5.88. The summed E-state index contributed by atoms with van der Waals surface area (Å²) in [5.41, 5.74) is 0. The van der Waals surface area contributed by atoms with Gasteiger partial charge in [-0.05, 0) is 23.6 Å². The maximum Gasteiger partial charge on any atom is 0.133 e. The van der Waals surface area contributed by atoms with Gasteiger partial charge in [-0.2, -0.15) is 0 Å². The van der Waals surface area contributed by atoms with Crippen molar-refractivity contribution in [3.63, 3.8) is 0 Å². The van der Waals surface area contributed by atoms with E-state index in [0.717, 1.165) is 25.6 Å². The molecule has 0 aliphatic carbocycles. The van der Waals surface area contributed by atoms with Crippen LogP contribution in [0.3, 0.4) is 0 Å². The second-order valence-electron chi connectivity index (χ2n) is 2.93. The van der Waals surface area contributed by atoms with Gasteiger partial charge in [0.05, 0.1) is 13.7 Å². The number of rotatable bonds is 2. The summed E-state index contributed by atoms with van der Waals surface area (Å²) in [6.45, 7) is 0.0869. The maximum absolute atomic E-state index is 8.99. The molecule has 0 saturated heterocycles. The zero-order chi connectivity index (χ0) is 10.1. The van der Waals surface area contributed by atoms with E-state index < -0.39 is 0 Å². The minimum Gasteiger partial charge on any atom is -0.496 e. The van der Waals surface area contributed by atoms with Crippen LogP contribution in [0.2, 0.25) is 0 Å². The maximum atomic E-state index is 8.99. The summed E-state index contributed by atoms with van der Waals surface area (Å²) in [6.07, 6.45) is 0. The fourth-order valence-electron chi connectivity index (χ4n) is 1.35. The molecule has 1 heterocycles. The fourth-order valence-corrected chi connectivity index (χ4v) is 2.58.